The summed E-state index contributed by atoms with van der Waals surface area (Å²) in [6, 6.07) is 13.4. The van der Waals surface area contributed by atoms with Crippen molar-refractivity contribution in [3.63, 3.8) is 0 Å². The maximum Gasteiger partial charge on any atom is 0.261 e. The number of hydrogen-bond donors (Lipinski definition) is 2. The fourth-order valence-electron chi connectivity index (χ4n) is 1.79. The molecular weight excluding hydrogens is 296 g/mol. The van der Waals surface area contributed by atoms with E-state index in [1.54, 1.807) is 42.5 Å². The third-order valence-corrected chi connectivity index (χ3v) is 4.28. The van der Waals surface area contributed by atoms with Gasteiger partial charge in [0.05, 0.1) is 10.6 Å². The number of halogens is 1. The Kier molecular flexibility index (Phi) is 4.65. The standard InChI is InChI=1S/C14H15ClN2O2S/c1-16-10-11-4-2-7-14(8-11)20(18,19)17-13-6-3-5-12(15)9-13/h2-9,16-17H,10H2,1H3. The van der Waals surface area contributed by atoms with Gasteiger partial charge in [0.25, 0.3) is 10.0 Å². The van der Waals surface area contributed by atoms with Crippen molar-refractivity contribution in [3.8, 4) is 0 Å². The second-order valence-corrected chi connectivity index (χ2v) is 6.41. The molecule has 106 valence electrons. The lowest BCUT2D eigenvalue weighted by Crippen LogP contribution is -2.14. The molecule has 0 amide bonds. The summed E-state index contributed by atoms with van der Waals surface area (Å²) < 4.78 is 27.1. The second-order valence-electron chi connectivity index (χ2n) is 4.29. The molecule has 20 heavy (non-hydrogen) atoms. The van der Waals surface area contributed by atoms with Crippen LogP contribution in [0.5, 0.6) is 0 Å². The highest BCUT2D eigenvalue weighted by molar-refractivity contribution is 7.92. The van der Waals surface area contributed by atoms with Gasteiger partial charge in [-0.05, 0) is 42.9 Å². The predicted molar refractivity (Wildman–Crippen MR) is 81.5 cm³/mol. The lowest BCUT2D eigenvalue weighted by molar-refractivity contribution is 0.601. The van der Waals surface area contributed by atoms with Crippen LogP contribution in [0.3, 0.4) is 0 Å². The first-order valence-electron chi connectivity index (χ1n) is 6.03. The maximum absolute atomic E-state index is 12.3. The molecule has 0 radical (unpaired) electrons. The summed E-state index contributed by atoms with van der Waals surface area (Å²) in [6.07, 6.45) is 0. The monoisotopic (exact) mass is 310 g/mol. The molecule has 2 aromatic rings. The molecule has 0 atom stereocenters. The van der Waals surface area contributed by atoms with E-state index in [9.17, 15) is 8.42 Å². The van der Waals surface area contributed by atoms with E-state index in [1.165, 1.54) is 0 Å². The maximum atomic E-state index is 12.3. The normalized spacial score (nSPS) is 11.3. The Hall–Kier alpha value is -1.56. The van der Waals surface area contributed by atoms with E-state index in [0.29, 0.717) is 17.3 Å². The van der Waals surface area contributed by atoms with E-state index in [0.717, 1.165) is 5.56 Å². The number of rotatable bonds is 5. The van der Waals surface area contributed by atoms with Crippen molar-refractivity contribution in [2.75, 3.05) is 11.8 Å². The van der Waals surface area contributed by atoms with Gasteiger partial charge < -0.3 is 5.32 Å². The van der Waals surface area contributed by atoms with Crippen molar-refractivity contribution in [1.29, 1.82) is 0 Å². The molecule has 0 unspecified atom stereocenters. The highest BCUT2D eigenvalue weighted by atomic mass is 35.5. The molecule has 0 fully saturated rings. The van der Waals surface area contributed by atoms with Crippen LogP contribution >= 0.6 is 11.6 Å². The first kappa shape index (κ1) is 14.8. The lowest BCUT2D eigenvalue weighted by Gasteiger charge is -2.09. The van der Waals surface area contributed by atoms with Gasteiger partial charge in [0.2, 0.25) is 0 Å². The summed E-state index contributed by atoms with van der Waals surface area (Å²) in [5.41, 5.74) is 1.35. The van der Waals surface area contributed by atoms with Crippen molar-refractivity contribution in [2.24, 2.45) is 0 Å². The van der Waals surface area contributed by atoms with Crippen LogP contribution in [0.15, 0.2) is 53.4 Å². The van der Waals surface area contributed by atoms with Gasteiger partial charge >= 0.3 is 0 Å². The molecule has 0 saturated carbocycles. The Morgan fingerprint density at radius 3 is 2.55 bits per heavy atom. The van der Waals surface area contributed by atoms with Gasteiger partial charge in [0.1, 0.15) is 0 Å². The molecule has 0 aliphatic carbocycles. The number of sulfonamides is 1. The van der Waals surface area contributed by atoms with Crippen LogP contribution in [0.25, 0.3) is 0 Å². The van der Waals surface area contributed by atoms with Crippen LogP contribution < -0.4 is 10.0 Å². The van der Waals surface area contributed by atoms with Crippen LogP contribution in [0.2, 0.25) is 5.02 Å². The highest BCUT2D eigenvalue weighted by Crippen LogP contribution is 2.20. The summed E-state index contributed by atoms with van der Waals surface area (Å²) in [5, 5.41) is 3.47. The summed E-state index contributed by atoms with van der Waals surface area (Å²) >= 11 is 5.84. The second kappa shape index (κ2) is 6.26. The average molecular weight is 311 g/mol. The largest absolute Gasteiger partial charge is 0.316 e. The van der Waals surface area contributed by atoms with Gasteiger partial charge in [-0.1, -0.05) is 29.8 Å². The molecule has 2 N–H and O–H groups in total. The Bertz CT molecular complexity index is 702. The van der Waals surface area contributed by atoms with Crippen LogP contribution in [0, 0.1) is 0 Å². The minimum Gasteiger partial charge on any atom is -0.316 e. The summed E-state index contributed by atoms with van der Waals surface area (Å²) in [6.45, 7) is 0.612. The van der Waals surface area contributed by atoms with Crippen LogP contribution in [0.4, 0.5) is 5.69 Å². The molecule has 0 aromatic heterocycles. The molecule has 0 bridgehead atoms. The van der Waals surface area contributed by atoms with E-state index >= 15 is 0 Å². The summed E-state index contributed by atoms with van der Waals surface area (Å²) in [5.74, 6) is 0. The zero-order chi connectivity index (χ0) is 14.6. The molecule has 0 spiro atoms. The topological polar surface area (TPSA) is 58.2 Å². The molecule has 0 aliphatic heterocycles. The quantitative estimate of drug-likeness (QED) is 0.893. The SMILES string of the molecule is CNCc1cccc(S(=O)(=O)Nc2cccc(Cl)c2)c1. The van der Waals surface area contributed by atoms with E-state index in [4.69, 9.17) is 11.6 Å². The molecule has 4 nitrogen and oxygen atoms in total. The zero-order valence-corrected chi connectivity index (χ0v) is 12.5. The van der Waals surface area contributed by atoms with Crippen molar-refractivity contribution < 1.29 is 8.42 Å². The number of nitrogens with one attached hydrogen (secondary N) is 2. The first-order chi connectivity index (χ1) is 9.51. The van der Waals surface area contributed by atoms with Crippen LogP contribution in [-0.2, 0) is 16.6 Å². The van der Waals surface area contributed by atoms with Crippen LogP contribution in [0.1, 0.15) is 5.56 Å². The van der Waals surface area contributed by atoms with Gasteiger partial charge in [-0.15, -0.1) is 0 Å². The van der Waals surface area contributed by atoms with Crippen molar-refractivity contribution in [1.82, 2.24) is 5.32 Å². The molecule has 0 aliphatic rings. The fraction of sp³-hybridized carbons (Fsp3) is 0.143. The predicted octanol–water partition coefficient (Wildman–Crippen LogP) is 2.86. The van der Waals surface area contributed by atoms with Crippen molar-refractivity contribution in [2.45, 2.75) is 11.4 Å². The Morgan fingerprint density at radius 2 is 1.85 bits per heavy atom. The third-order valence-electron chi connectivity index (χ3n) is 2.67. The van der Waals surface area contributed by atoms with E-state index in [1.807, 2.05) is 13.1 Å². The van der Waals surface area contributed by atoms with Gasteiger partial charge in [-0.3, -0.25) is 4.72 Å². The molecule has 2 rings (SSSR count). The average Bonchev–Trinajstić information content (AvgIpc) is 2.39. The molecular formula is C14H15ClN2O2S. The van der Waals surface area contributed by atoms with Crippen molar-refractivity contribution in [3.05, 3.63) is 59.1 Å². The van der Waals surface area contributed by atoms with Gasteiger partial charge in [0.15, 0.2) is 0 Å². The number of benzene rings is 2. The first-order valence-corrected chi connectivity index (χ1v) is 7.89. The van der Waals surface area contributed by atoms with E-state index < -0.39 is 10.0 Å². The van der Waals surface area contributed by atoms with Gasteiger partial charge in [0, 0.05) is 11.6 Å². The lowest BCUT2D eigenvalue weighted by atomic mass is 10.2. The number of hydrogen-bond acceptors (Lipinski definition) is 3. The molecule has 2 aromatic carbocycles. The molecule has 6 heteroatoms. The fourth-order valence-corrected chi connectivity index (χ4v) is 3.10. The summed E-state index contributed by atoms with van der Waals surface area (Å²) in [7, 11) is -1.80. The third kappa shape index (κ3) is 3.72. The zero-order valence-electron chi connectivity index (χ0n) is 10.9. The van der Waals surface area contributed by atoms with E-state index in [-0.39, 0.29) is 4.90 Å². The highest BCUT2D eigenvalue weighted by Gasteiger charge is 2.14. The molecule has 0 saturated heterocycles. The summed E-state index contributed by atoms with van der Waals surface area (Å²) in [4.78, 5) is 0.227. The Balaban J connectivity index is 2.28. The van der Waals surface area contributed by atoms with E-state index in [2.05, 4.69) is 10.0 Å². The Morgan fingerprint density at radius 1 is 1.10 bits per heavy atom. The minimum atomic E-state index is -3.61. The van der Waals surface area contributed by atoms with Gasteiger partial charge in [-0.25, -0.2) is 8.42 Å². The number of anilines is 1. The van der Waals surface area contributed by atoms with Gasteiger partial charge in [-0.2, -0.15) is 0 Å². The van der Waals surface area contributed by atoms with Crippen molar-refractivity contribution >= 4 is 27.3 Å². The Labute approximate surface area is 123 Å². The van der Waals surface area contributed by atoms with Crippen LogP contribution in [-0.4, -0.2) is 15.5 Å². The minimum absolute atomic E-state index is 0.227. The smallest absolute Gasteiger partial charge is 0.261 e. The molecule has 0 heterocycles.